The summed E-state index contributed by atoms with van der Waals surface area (Å²) in [6.07, 6.45) is 2.71. The molecule has 1 aromatic rings. The normalized spacial score (nSPS) is 21.5. The van der Waals surface area contributed by atoms with Gasteiger partial charge < -0.3 is 5.32 Å². The SMILES string of the molecule is CCCC1CC1NS(=O)(=O)c1ccc(F)c(CNC)c1F. The van der Waals surface area contributed by atoms with Crippen LogP contribution in [0.3, 0.4) is 0 Å². The van der Waals surface area contributed by atoms with Crippen molar-refractivity contribution in [2.24, 2.45) is 5.92 Å². The molecule has 118 valence electrons. The van der Waals surface area contributed by atoms with E-state index in [0.29, 0.717) is 5.92 Å². The van der Waals surface area contributed by atoms with Gasteiger partial charge in [0.1, 0.15) is 10.7 Å². The maximum atomic E-state index is 14.2. The topological polar surface area (TPSA) is 58.2 Å². The molecular weight excluding hydrogens is 298 g/mol. The number of halogens is 2. The van der Waals surface area contributed by atoms with Gasteiger partial charge >= 0.3 is 0 Å². The molecule has 21 heavy (non-hydrogen) atoms. The van der Waals surface area contributed by atoms with Crippen molar-refractivity contribution in [2.75, 3.05) is 7.05 Å². The summed E-state index contributed by atoms with van der Waals surface area (Å²) in [6.45, 7) is 1.97. The van der Waals surface area contributed by atoms with Gasteiger partial charge in [0.2, 0.25) is 10.0 Å². The van der Waals surface area contributed by atoms with Crippen LogP contribution in [0.15, 0.2) is 17.0 Å². The third-order valence-corrected chi connectivity index (χ3v) is 5.19. The lowest BCUT2D eigenvalue weighted by Gasteiger charge is -2.11. The maximum Gasteiger partial charge on any atom is 0.243 e. The monoisotopic (exact) mass is 318 g/mol. The molecule has 0 spiro atoms. The molecule has 2 N–H and O–H groups in total. The standard InChI is InChI=1S/C14H20F2N2O2S/c1-3-4-9-7-12(9)18-21(19,20)13-6-5-11(15)10(8-17-2)14(13)16/h5-6,9,12,17-18H,3-4,7-8H2,1-2H3. The molecule has 0 saturated heterocycles. The molecule has 0 bridgehead atoms. The van der Waals surface area contributed by atoms with Crippen molar-refractivity contribution in [1.82, 2.24) is 10.0 Å². The molecule has 1 aliphatic rings. The van der Waals surface area contributed by atoms with Gasteiger partial charge in [-0.15, -0.1) is 0 Å². The molecule has 2 rings (SSSR count). The minimum Gasteiger partial charge on any atom is -0.315 e. The first kappa shape index (κ1) is 16.3. The van der Waals surface area contributed by atoms with Crippen LogP contribution < -0.4 is 10.0 Å². The first-order valence-corrected chi connectivity index (χ1v) is 8.52. The van der Waals surface area contributed by atoms with Crippen LogP contribution in [-0.4, -0.2) is 21.5 Å². The Balaban J connectivity index is 2.23. The van der Waals surface area contributed by atoms with Crippen LogP contribution in [0.2, 0.25) is 0 Å². The van der Waals surface area contributed by atoms with E-state index in [9.17, 15) is 17.2 Å². The van der Waals surface area contributed by atoms with E-state index >= 15 is 0 Å². The van der Waals surface area contributed by atoms with Gasteiger partial charge in [0, 0.05) is 18.2 Å². The second-order valence-corrected chi connectivity index (χ2v) is 7.06. The summed E-state index contributed by atoms with van der Waals surface area (Å²) in [5.41, 5.74) is -0.263. The van der Waals surface area contributed by atoms with Crippen LogP contribution in [0.5, 0.6) is 0 Å². The summed E-state index contributed by atoms with van der Waals surface area (Å²) < 4.78 is 54.7. The Morgan fingerprint density at radius 1 is 1.33 bits per heavy atom. The Labute approximate surface area is 124 Å². The molecule has 1 aliphatic carbocycles. The molecule has 2 atom stereocenters. The van der Waals surface area contributed by atoms with E-state index in [2.05, 4.69) is 10.0 Å². The van der Waals surface area contributed by atoms with Crippen LogP contribution >= 0.6 is 0 Å². The van der Waals surface area contributed by atoms with E-state index in [0.717, 1.165) is 31.4 Å². The van der Waals surface area contributed by atoms with Crippen molar-refractivity contribution in [3.05, 3.63) is 29.3 Å². The molecule has 0 amide bonds. The van der Waals surface area contributed by atoms with Crippen molar-refractivity contribution in [1.29, 1.82) is 0 Å². The van der Waals surface area contributed by atoms with Gasteiger partial charge in [-0.3, -0.25) is 0 Å². The second kappa shape index (κ2) is 6.37. The summed E-state index contributed by atoms with van der Waals surface area (Å²) in [4.78, 5) is -0.490. The summed E-state index contributed by atoms with van der Waals surface area (Å²) in [5.74, 6) is -1.45. The minimum absolute atomic E-state index is 0.0666. The van der Waals surface area contributed by atoms with E-state index in [4.69, 9.17) is 0 Å². The molecule has 0 heterocycles. The van der Waals surface area contributed by atoms with E-state index in [1.807, 2.05) is 6.92 Å². The molecule has 2 unspecified atom stereocenters. The molecule has 1 fully saturated rings. The zero-order valence-corrected chi connectivity index (χ0v) is 12.9. The molecule has 7 heteroatoms. The quantitative estimate of drug-likeness (QED) is 0.810. The van der Waals surface area contributed by atoms with E-state index in [1.165, 1.54) is 7.05 Å². The summed E-state index contributed by atoms with van der Waals surface area (Å²) in [7, 11) is -2.42. The van der Waals surface area contributed by atoms with Crippen molar-refractivity contribution < 1.29 is 17.2 Å². The number of sulfonamides is 1. The van der Waals surface area contributed by atoms with E-state index < -0.39 is 26.6 Å². The Hall–Kier alpha value is -1.05. The van der Waals surface area contributed by atoms with Gasteiger partial charge in [0.05, 0.1) is 0 Å². The molecule has 4 nitrogen and oxygen atoms in total. The predicted molar refractivity (Wildman–Crippen MR) is 76.2 cm³/mol. The zero-order valence-electron chi connectivity index (χ0n) is 12.1. The lowest BCUT2D eigenvalue weighted by molar-refractivity contribution is 0.516. The number of nitrogens with one attached hydrogen (secondary N) is 2. The van der Waals surface area contributed by atoms with Crippen molar-refractivity contribution in [3.8, 4) is 0 Å². The van der Waals surface area contributed by atoms with Crippen LogP contribution in [0.1, 0.15) is 31.7 Å². The van der Waals surface area contributed by atoms with Gasteiger partial charge in [0.15, 0.2) is 5.82 Å². The highest BCUT2D eigenvalue weighted by atomic mass is 32.2. The van der Waals surface area contributed by atoms with Crippen molar-refractivity contribution >= 4 is 10.0 Å². The third kappa shape index (κ3) is 3.59. The first-order chi connectivity index (χ1) is 9.90. The molecule has 1 saturated carbocycles. The summed E-state index contributed by atoms with van der Waals surface area (Å²) in [6, 6.07) is 1.83. The average molecular weight is 318 g/mol. The Bertz CT molecular complexity index is 620. The lowest BCUT2D eigenvalue weighted by Crippen LogP contribution is -2.28. The molecular formula is C14H20F2N2O2S. The molecule has 0 aromatic heterocycles. The Morgan fingerprint density at radius 2 is 2.05 bits per heavy atom. The highest BCUT2D eigenvalue weighted by molar-refractivity contribution is 7.89. The lowest BCUT2D eigenvalue weighted by atomic mass is 10.2. The number of rotatable bonds is 7. The van der Waals surface area contributed by atoms with Gasteiger partial charge in [-0.05, 0) is 37.9 Å². The van der Waals surface area contributed by atoms with E-state index in [1.54, 1.807) is 0 Å². The van der Waals surface area contributed by atoms with Crippen LogP contribution in [0.25, 0.3) is 0 Å². The average Bonchev–Trinajstić information content (AvgIpc) is 3.11. The van der Waals surface area contributed by atoms with Gasteiger partial charge in [-0.1, -0.05) is 13.3 Å². The Kier molecular flexibility index (Phi) is 4.95. The smallest absolute Gasteiger partial charge is 0.243 e. The van der Waals surface area contributed by atoms with Crippen molar-refractivity contribution in [3.63, 3.8) is 0 Å². The third-order valence-electron chi connectivity index (χ3n) is 3.68. The van der Waals surface area contributed by atoms with Gasteiger partial charge in [-0.25, -0.2) is 21.9 Å². The van der Waals surface area contributed by atoms with Crippen LogP contribution in [0, 0.1) is 17.6 Å². The largest absolute Gasteiger partial charge is 0.315 e. The van der Waals surface area contributed by atoms with Crippen molar-refractivity contribution in [2.45, 2.75) is 43.7 Å². The maximum absolute atomic E-state index is 14.2. The number of benzene rings is 1. The minimum atomic E-state index is -3.96. The highest BCUT2D eigenvalue weighted by Gasteiger charge is 2.40. The molecule has 0 aliphatic heterocycles. The van der Waals surface area contributed by atoms with Gasteiger partial charge in [0.25, 0.3) is 0 Å². The van der Waals surface area contributed by atoms with Crippen LogP contribution in [-0.2, 0) is 16.6 Å². The van der Waals surface area contributed by atoms with Crippen LogP contribution in [0.4, 0.5) is 8.78 Å². The number of hydrogen-bond acceptors (Lipinski definition) is 3. The first-order valence-electron chi connectivity index (χ1n) is 7.04. The number of hydrogen-bond donors (Lipinski definition) is 2. The fourth-order valence-electron chi connectivity index (χ4n) is 2.47. The van der Waals surface area contributed by atoms with E-state index in [-0.39, 0.29) is 18.2 Å². The summed E-state index contributed by atoms with van der Waals surface area (Å²) in [5, 5.41) is 2.63. The fraction of sp³-hybridized carbons (Fsp3) is 0.571. The molecule has 0 radical (unpaired) electrons. The second-order valence-electron chi connectivity index (χ2n) is 5.38. The summed E-state index contributed by atoms with van der Waals surface area (Å²) >= 11 is 0. The zero-order chi connectivity index (χ0) is 15.6. The predicted octanol–water partition coefficient (Wildman–Crippen LogP) is 2.15. The molecule has 1 aromatic carbocycles. The fourth-order valence-corrected chi connectivity index (χ4v) is 3.89. The highest BCUT2D eigenvalue weighted by Crippen LogP contribution is 2.36. The van der Waals surface area contributed by atoms with Gasteiger partial charge in [-0.2, -0.15) is 0 Å². The Morgan fingerprint density at radius 3 is 2.67 bits per heavy atom.